The van der Waals surface area contributed by atoms with E-state index in [2.05, 4.69) is 41.6 Å². The summed E-state index contributed by atoms with van der Waals surface area (Å²) >= 11 is 0. The summed E-state index contributed by atoms with van der Waals surface area (Å²) in [6.07, 6.45) is 2.47. The van der Waals surface area contributed by atoms with Gasteiger partial charge < -0.3 is 15.4 Å². The van der Waals surface area contributed by atoms with Gasteiger partial charge in [0.2, 0.25) is 10.0 Å². The van der Waals surface area contributed by atoms with Gasteiger partial charge in [0.25, 0.3) is 0 Å². The molecule has 0 saturated carbocycles. The lowest BCUT2D eigenvalue weighted by atomic mass is 10.1. The van der Waals surface area contributed by atoms with E-state index in [9.17, 15) is 8.42 Å². The Labute approximate surface area is 176 Å². The van der Waals surface area contributed by atoms with Crippen LogP contribution in [0.4, 0.5) is 0 Å². The monoisotopic (exact) mass is 424 g/mol. The number of benzene rings is 1. The van der Waals surface area contributed by atoms with Crippen LogP contribution in [-0.2, 0) is 16.4 Å². The number of guanidine groups is 1. The van der Waals surface area contributed by atoms with Gasteiger partial charge in [0.15, 0.2) is 5.96 Å². The fourth-order valence-corrected chi connectivity index (χ4v) is 4.32. The first-order valence-electron chi connectivity index (χ1n) is 10.5. The number of nitrogens with zero attached hydrogens (tertiary/aromatic N) is 2. The van der Waals surface area contributed by atoms with Gasteiger partial charge in [-0.3, -0.25) is 4.99 Å². The summed E-state index contributed by atoms with van der Waals surface area (Å²) in [6, 6.07) is 8.46. The highest BCUT2D eigenvalue weighted by atomic mass is 32.2. The van der Waals surface area contributed by atoms with E-state index in [1.165, 1.54) is 5.56 Å². The lowest BCUT2D eigenvalue weighted by molar-refractivity contribution is 0.271. The first-order chi connectivity index (χ1) is 13.8. The lowest BCUT2D eigenvalue weighted by Gasteiger charge is -2.32. The Kier molecular flexibility index (Phi) is 9.23. The van der Waals surface area contributed by atoms with Crippen molar-refractivity contribution in [2.45, 2.75) is 46.1 Å². The third-order valence-corrected chi connectivity index (χ3v) is 6.87. The highest BCUT2D eigenvalue weighted by Gasteiger charge is 2.26. The number of hydrogen-bond acceptors (Lipinski definition) is 4. The molecule has 0 spiro atoms. The van der Waals surface area contributed by atoms with Crippen LogP contribution in [0.25, 0.3) is 0 Å². The largest absolute Gasteiger partial charge is 0.493 e. The number of aliphatic imine (C=N–C) groups is 1. The molecule has 0 radical (unpaired) electrons. The minimum Gasteiger partial charge on any atom is -0.493 e. The van der Waals surface area contributed by atoms with Crippen LogP contribution in [0, 0.1) is 5.92 Å². The Morgan fingerprint density at radius 1 is 1.24 bits per heavy atom. The molecule has 1 aromatic carbocycles. The van der Waals surface area contributed by atoms with E-state index < -0.39 is 10.0 Å². The highest BCUT2D eigenvalue weighted by molar-refractivity contribution is 7.89. The zero-order valence-electron chi connectivity index (χ0n) is 18.1. The van der Waals surface area contributed by atoms with E-state index in [0.717, 1.165) is 44.1 Å². The van der Waals surface area contributed by atoms with Gasteiger partial charge in [-0.25, -0.2) is 12.7 Å². The smallest absolute Gasteiger partial charge is 0.213 e. The average molecular weight is 425 g/mol. The van der Waals surface area contributed by atoms with Crippen molar-refractivity contribution in [1.29, 1.82) is 0 Å². The molecule has 0 atom stereocenters. The Morgan fingerprint density at radius 3 is 2.45 bits per heavy atom. The molecule has 0 unspecified atom stereocenters. The molecule has 1 aliphatic rings. The van der Waals surface area contributed by atoms with Crippen LogP contribution in [-0.4, -0.2) is 63.8 Å². The fraction of sp³-hybridized carbons (Fsp3) is 0.667. The summed E-state index contributed by atoms with van der Waals surface area (Å²) in [6.45, 7) is 8.60. The number of rotatable bonds is 9. The van der Waals surface area contributed by atoms with Gasteiger partial charge in [0, 0.05) is 32.7 Å². The number of piperidine rings is 1. The third-order valence-electron chi connectivity index (χ3n) is 4.99. The molecule has 1 aliphatic heterocycles. The lowest BCUT2D eigenvalue weighted by Crippen LogP contribution is -2.50. The minimum absolute atomic E-state index is 0.166. The summed E-state index contributed by atoms with van der Waals surface area (Å²) in [5.74, 6) is 2.35. The van der Waals surface area contributed by atoms with Crippen molar-refractivity contribution in [3.8, 4) is 5.75 Å². The molecule has 29 heavy (non-hydrogen) atoms. The van der Waals surface area contributed by atoms with Crippen molar-refractivity contribution in [2.24, 2.45) is 10.9 Å². The number of hydrogen-bond donors (Lipinski definition) is 2. The Hall–Kier alpha value is -1.80. The molecule has 0 aromatic heterocycles. The minimum atomic E-state index is -3.08. The molecule has 1 heterocycles. The van der Waals surface area contributed by atoms with Crippen molar-refractivity contribution in [1.82, 2.24) is 14.9 Å². The second-order valence-electron chi connectivity index (χ2n) is 7.82. The summed E-state index contributed by atoms with van der Waals surface area (Å²) in [7, 11) is -1.33. The zero-order valence-corrected chi connectivity index (χ0v) is 19.0. The van der Waals surface area contributed by atoms with Crippen LogP contribution < -0.4 is 15.4 Å². The first-order valence-corrected chi connectivity index (χ1v) is 12.1. The van der Waals surface area contributed by atoms with Crippen LogP contribution in [0.1, 0.15) is 39.2 Å². The van der Waals surface area contributed by atoms with Gasteiger partial charge in [-0.15, -0.1) is 0 Å². The van der Waals surface area contributed by atoms with E-state index in [-0.39, 0.29) is 11.8 Å². The van der Waals surface area contributed by atoms with E-state index in [0.29, 0.717) is 19.0 Å². The molecule has 8 heteroatoms. The van der Waals surface area contributed by atoms with E-state index in [1.807, 2.05) is 12.1 Å². The van der Waals surface area contributed by atoms with Crippen molar-refractivity contribution in [2.75, 3.05) is 39.0 Å². The normalized spacial score (nSPS) is 16.8. The third kappa shape index (κ3) is 7.85. The molecule has 2 N–H and O–H groups in total. The molecule has 0 aliphatic carbocycles. The first kappa shape index (κ1) is 23.5. The van der Waals surface area contributed by atoms with Crippen LogP contribution in [0.5, 0.6) is 5.75 Å². The number of nitrogens with one attached hydrogen (secondary N) is 2. The SMILES string of the molecule is CCS(=O)(=O)N1CCC(NC(=NC)NCCc2ccc(OCC(C)C)cc2)CC1. The van der Waals surface area contributed by atoms with Gasteiger partial charge in [-0.1, -0.05) is 26.0 Å². The van der Waals surface area contributed by atoms with Crippen molar-refractivity contribution >= 4 is 16.0 Å². The van der Waals surface area contributed by atoms with E-state index in [4.69, 9.17) is 4.74 Å². The van der Waals surface area contributed by atoms with Gasteiger partial charge in [0.05, 0.1) is 12.4 Å². The predicted molar refractivity (Wildman–Crippen MR) is 119 cm³/mol. The summed E-state index contributed by atoms with van der Waals surface area (Å²) in [4.78, 5) is 4.29. The highest BCUT2D eigenvalue weighted by Crippen LogP contribution is 2.15. The topological polar surface area (TPSA) is 83.0 Å². The number of ether oxygens (including phenoxy) is 1. The van der Waals surface area contributed by atoms with E-state index in [1.54, 1.807) is 18.3 Å². The second-order valence-corrected chi connectivity index (χ2v) is 10.1. The summed E-state index contributed by atoms with van der Waals surface area (Å²) < 4.78 is 31.2. The summed E-state index contributed by atoms with van der Waals surface area (Å²) in [5.41, 5.74) is 1.24. The Morgan fingerprint density at radius 2 is 1.90 bits per heavy atom. The maximum Gasteiger partial charge on any atom is 0.213 e. The molecule has 7 nitrogen and oxygen atoms in total. The molecule has 0 amide bonds. The van der Waals surface area contributed by atoms with Gasteiger partial charge in [0.1, 0.15) is 5.75 Å². The van der Waals surface area contributed by atoms with Crippen molar-refractivity contribution < 1.29 is 13.2 Å². The van der Waals surface area contributed by atoms with Crippen LogP contribution in [0.15, 0.2) is 29.3 Å². The molecular formula is C21H36N4O3S. The predicted octanol–water partition coefficient (Wildman–Crippen LogP) is 2.24. The second kappa shape index (κ2) is 11.4. The van der Waals surface area contributed by atoms with Crippen molar-refractivity contribution in [3.63, 3.8) is 0 Å². The van der Waals surface area contributed by atoms with Gasteiger partial charge in [-0.2, -0.15) is 0 Å². The Bertz CT molecular complexity index is 740. The zero-order chi connectivity index (χ0) is 21.3. The maximum absolute atomic E-state index is 12.0. The fourth-order valence-electron chi connectivity index (χ4n) is 3.19. The summed E-state index contributed by atoms with van der Waals surface area (Å²) in [5, 5.41) is 6.76. The molecule has 1 aromatic rings. The molecular weight excluding hydrogens is 388 g/mol. The molecule has 1 saturated heterocycles. The quantitative estimate of drug-likeness (QED) is 0.469. The molecule has 164 valence electrons. The van der Waals surface area contributed by atoms with Crippen LogP contribution in [0.2, 0.25) is 0 Å². The van der Waals surface area contributed by atoms with Gasteiger partial charge in [-0.05, 0) is 49.8 Å². The van der Waals surface area contributed by atoms with Gasteiger partial charge >= 0.3 is 0 Å². The molecule has 2 rings (SSSR count). The standard InChI is InChI=1S/C21H36N4O3S/c1-5-29(26,27)25-14-11-19(12-15-25)24-21(22-4)23-13-10-18-6-8-20(9-7-18)28-16-17(2)3/h6-9,17,19H,5,10-16H2,1-4H3,(H2,22,23,24). The van der Waals surface area contributed by atoms with Crippen LogP contribution >= 0.6 is 0 Å². The average Bonchev–Trinajstić information content (AvgIpc) is 2.72. The maximum atomic E-state index is 12.0. The number of sulfonamides is 1. The molecule has 0 bridgehead atoms. The van der Waals surface area contributed by atoms with Crippen molar-refractivity contribution in [3.05, 3.63) is 29.8 Å². The van der Waals surface area contributed by atoms with Crippen LogP contribution in [0.3, 0.4) is 0 Å². The molecule has 1 fully saturated rings. The Balaban J connectivity index is 1.72. The van der Waals surface area contributed by atoms with E-state index >= 15 is 0 Å².